The van der Waals surface area contributed by atoms with E-state index in [9.17, 15) is 14.8 Å². The van der Waals surface area contributed by atoms with E-state index in [1.165, 1.54) is 5.06 Å². The molecule has 7 nitrogen and oxygen atoms in total. The van der Waals surface area contributed by atoms with Crippen molar-refractivity contribution in [3.63, 3.8) is 0 Å². The van der Waals surface area contributed by atoms with E-state index in [4.69, 9.17) is 0 Å². The lowest BCUT2D eigenvalue weighted by Crippen LogP contribution is -2.64. The van der Waals surface area contributed by atoms with Crippen molar-refractivity contribution in [3.05, 3.63) is 0 Å². The molecule has 0 unspecified atom stereocenters. The number of hydroxylamine groups is 2. The maximum absolute atomic E-state index is 13.1. The summed E-state index contributed by atoms with van der Waals surface area (Å²) in [5.41, 5.74) is -0.852. The highest BCUT2D eigenvalue weighted by molar-refractivity contribution is 5.85. The maximum atomic E-state index is 13.1. The van der Waals surface area contributed by atoms with Crippen molar-refractivity contribution >= 4 is 24.7 Å². The minimum Gasteiger partial charge on any atom is -0.351 e. The number of piperidine rings is 1. The van der Waals surface area contributed by atoms with Crippen molar-refractivity contribution in [1.82, 2.24) is 20.6 Å². The van der Waals surface area contributed by atoms with E-state index in [2.05, 4.69) is 10.6 Å². The van der Waals surface area contributed by atoms with Crippen LogP contribution < -0.4 is 10.6 Å². The first-order valence-corrected chi connectivity index (χ1v) is 9.75. The predicted octanol–water partition coefficient (Wildman–Crippen LogP) is 2.13. The SMILES string of the molecule is CC(C)[C@H](C(=O)NC1CC(C)(C)N(O)C(C)(C)C1)N(C=O)[C@H]1CCCN1.Cl. The molecule has 158 valence electrons. The zero-order chi connectivity index (χ0) is 19.7. The van der Waals surface area contributed by atoms with Crippen LogP contribution in [0.25, 0.3) is 0 Å². The summed E-state index contributed by atoms with van der Waals surface area (Å²) in [5.74, 6) is -0.0923. The number of rotatable bonds is 6. The van der Waals surface area contributed by atoms with Gasteiger partial charge >= 0.3 is 0 Å². The molecule has 2 aliphatic rings. The average Bonchev–Trinajstić information content (AvgIpc) is 3.02. The number of nitrogens with one attached hydrogen (secondary N) is 2. The van der Waals surface area contributed by atoms with E-state index in [0.29, 0.717) is 12.8 Å². The van der Waals surface area contributed by atoms with Gasteiger partial charge in [0.25, 0.3) is 0 Å². The van der Waals surface area contributed by atoms with Crippen LogP contribution in [0.1, 0.15) is 67.2 Å². The molecule has 27 heavy (non-hydrogen) atoms. The minimum atomic E-state index is -0.499. The maximum Gasteiger partial charge on any atom is 0.243 e. The molecule has 0 saturated carbocycles. The van der Waals surface area contributed by atoms with Gasteiger partial charge in [0.2, 0.25) is 12.3 Å². The monoisotopic (exact) mass is 404 g/mol. The Hall–Kier alpha value is -0.890. The van der Waals surface area contributed by atoms with Gasteiger partial charge in [0.15, 0.2) is 0 Å². The summed E-state index contributed by atoms with van der Waals surface area (Å²) < 4.78 is 0. The Morgan fingerprint density at radius 2 is 1.81 bits per heavy atom. The van der Waals surface area contributed by atoms with Crippen molar-refractivity contribution in [2.24, 2.45) is 5.92 Å². The Morgan fingerprint density at radius 1 is 1.26 bits per heavy atom. The molecule has 0 aromatic rings. The molecule has 0 aromatic carbocycles. The van der Waals surface area contributed by atoms with Crippen LogP contribution in [0.5, 0.6) is 0 Å². The Morgan fingerprint density at radius 3 is 2.22 bits per heavy atom. The third-order valence-corrected chi connectivity index (χ3v) is 5.72. The second-order valence-electron chi connectivity index (χ2n) is 9.40. The summed E-state index contributed by atoms with van der Waals surface area (Å²) in [6, 6.07) is -0.538. The zero-order valence-electron chi connectivity index (χ0n) is 17.5. The summed E-state index contributed by atoms with van der Waals surface area (Å²) in [5, 5.41) is 18.3. The Labute approximate surface area is 169 Å². The second-order valence-corrected chi connectivity index (χ2v) is 9.40. The van der Waals surface area contributed by atoms with Crippen LogP contribution in [0.2, 0.25) is 0 Å². The smallest absolute Gasteiger partial charge is 0.243 e. The molecule has 3 N–H and O–H groups in total. The van der Waals surface area contributed by atoms with Crippen LogP contribution in [0.3, 0.4) is 0 Å². The number of amides is 2. The quantitative estimate of drug-likeness (QED) is 0.590. The van der Waals surface area contributed by atoms with E-state index in [1.807, 2.05) is 41.5 Å². The fourth-order valence-corrected chi connectivity index (χ4v) is 4.69. The molecule has 8 heteroatoms. The molecule has 0 spiro atoms. The summed E-state index contributed by atoms with van der Waals surface area (Å²) in [6.07, 6.45) is 3.94. The van der Waals surface area contributed by atoms with Crippen molar-refractivity contribution in [2.75, 3.05) is 6.54 Å². The highest BCUT2D eigenvalue weighted by Gasteiger charge is 2.46. The van der Waals surface area contributed by atoms with Crippen LogP contribution >= 0.6 is 12.4 Å². The predicted molar refractivity (Wildman–Crippen MR) is 108 cm³/mol. The molecule has 2 fully saturated rings. The molecule has 2 rings (SSSR count). The molecule has 2 atom stereocenters. The van der Waals surface area contributed by atoms with Gasteiger partial charge in [0.1, 0.15) is 6.04 Å². The lowest BCUT2D eigenvalue weighted by Gasteiger charge is -2.51. The van der Waals surface area contributed by atoms with Gasteiger partial charge in [0.05, 0.1) is 6.17 Å². The van der Waals surface area contributed by atoms with Gasteiger partial charge in [-0.05, 0) is 65.8 Å². The van der Waals surface area contributed by atoms with Gasteiger partial charge in [-0.3, -0.25) is 14.9 Å². The molecular weight excluding hydrogens is 368 g/mol. The lowest BCUT2D eigenvalue weighted by molar-refractivity contribution is -0.246. The van der Waals surface area contributed by atoms with E-state index in [0.717, 1.165) is 25.8 Å². The Bertz CT molecular complexity index is 503. The van der Waals surface area contributed by atoms with Crippen LogP contribution in [0, 0.1) is 5.92 Å². The molecular formula is C19H37ClN4O3. The van der Waals surface area contributed by atoms with Crippen molar-refractivity contribution in [3.8, 4) is 0 Å². The second kappa shape index (κ2) is 9.07. The van der Waals surface area contributed by atoms with Gasteiger partial charge < -0.3 is 15.4 Å². The molecule has 2 saturated heterocycles. The zero-order valence-corrected chi connectivity index (χ0v) is 18.3. The molecule has 2 aliphatic heterocycles. The van der Waals surface area contributed by atoms with Crippen LogP contribution in [-0.4, -0.2) is 63.4 Å². The van der Waals surface area contributed by atoms with Crippen LogP contribution in [-0.2, 0) is 9.59 Å². The van der Waals surface area contributed by atoms with Crippen molar-refractivity contribution in [1.29, 1.82) is 0 Å². The summed E-state index contributed by atoms with van der Waals surface area (Å²) in [6.45, 7) is 12.7. The fraction of sp³-hybridized carbons (Fsp3) is 0.895. The molecule has 0 aliphatic carbocycles. The van der Waals surface area contributed by atoms with Gasteiger partial charge in [-0.15, -0.1) is 12.4 Å². The van der Waals surface area contributed by atoms with Crippen LogP contribution in [0.4, 0.5) is 0 Å². The van der Waals surface area contributed by atoms with Gasteiger partial charge in [0, 0.05) is 17.1 Å². The van der Waals surface area contributed by atoms with E-state index in [-0.39, 0.29) is 36.4 Å². The van der Waals surface area contributed by atoms with Crippen LogP contribution in [0.15, 0.2) is 0 Å². The largest absolute Gasteiger partial charge is 0.351 e. The van der Waals surface area contributed by atoms with Gasteiger partial charge in [-0.25, -0.2) is 0 Å². The first kappa shape index (κ1) is 24.1. The molecule has 0 aromatic heterocycles. The number of carbonyl (C=O) groups excluding carboxylic acids is 2. The van der Waals surface area contributed by atoms with Crippen molar-refractivity contribution in [2.45, 2.75) is 96.6 Å². The standard InChI is InChI=1S/C19H36N4O3.ClH/c1-13(2)16(22(12-24)15-8-7-9-20-15)17(25)21-14-10-18(3,4)23(26)19(5,6)11-14;/h12-16,20,26H,7-11H2,1-6H3,(H,21,25);1H/t15-,16+;/m0./s1. The van der Waals surface area contributed by atoms with Gasteiger partial charge in [-0.1, -0.05) is 13.8 Å². The molecule has 2 amide bonds. The fourth-order valence-electron chi connectivity index (χ4n) is 4.69. The Kier molecular flexibility index (Phi) is 8.11. The molecule has 0 radical (unpaired) electrons. The highest BCUT2D eigenvalue weighted by atomic mass is 35.5. The van der Waals surface area contributed by atoms with Gasteiger partial charge in [-0.2, -0.15) is 5.06 Å². The minimum absolute atomic E-state index is 0. The Balaban J connectivity index is 0.00000364. The lowest BCUT2D eigenvalue weighted by atomic mass is 9.79. The van der Waals surface area contributed by atoms with E-state index < -0.39 is 17.1 Å². The first-order chi connectivity index (χ1) is 12.0. The van der Waals surface area contributed by atoms with E-state index >= 15 is 0 Å². The number of hydrogen-bond donors (Lipinski definition) is 3. The molecule has 2 heterocycles. The highest BCUT2D eigenvalue weighted by Crippen LogP contribution is 2.36. The number of hydrogen-bond acceptors (Lipinski definition) is 5. The normalized spacial score (nSPS) is 26.3. The number of carbonyl (C=O) groups is 2. The summed E-state index contributed by atoms with van der Waals surface area (Å²) in [4.78, 5) is 26.5. The third kappa shape index (κ3) is 5.34. The third-order valence-electron chi connectivity index (χ3n) is 5.72. The van der Waals surface area contributed by atoms with E-state index in [1.54, 1.807) is 4.90 Å². The average molecular weight is 405 g/mol. The summed E-state index contributed by atoms with van der Waals surface area (Å²) >= 11 is 0. The molecule has 0 bridgehead atoms. The van der Waals surface area contributed by atoms with Crippen molar-refractivity contribution < 1.29 is 14.8 Å². The number of nitrogens with zero attached hydrogens (tertiary/aromatic N) is 2. The topological polar surface area (TPSA) is 84.9 Å². The first-order valence-electron chi connectivity index (χ1n) is 9.75. The summed E-state index contributed by atoms with van der Waals surface area (Å²) in [7, 11) is 0. The number of halogens is 1.